The molecule has 0 aromatic heterocycles. The Hall–Kier alpha value is -1.39. The van der Waals surface area contributed by atoms with Crippen molar-refractivity contribution in [3.63, 3.8) is 0 Å². The van der Waals surface area contributed by atoms with Crippen LogP contribution >= 0.6 is 0 Å². The monoisotopic (exact) mass is 264 g/mol. The van der Waals surface area contributed by atoms with E-state index in [4.69, 9.17) is 10.5 Å². The molecule has 0 spiro atoms. The van der Waals surface area contributed by atoms with Crippen molar-refractivity contribution in [1.29, 1.82) is 0 Å². The summed E-state index contributed by atoms with van der Waals surface area (Å²) in [7, 11) is 0. The molecule has 1 rings (SSSR count). The Kier molecular flexibility index (Phi) is 7.86. The van der Waals surface area contributed by atoms with Crippen LogP contribution in [-0.4, -0.2) is 19.1 Å². The van der Waals surface area contributed by atoms with Gasteiger partial charge in [0.05, 0.1) is 0 Å². The molecular formula is C15H24N2O2. The highest BCUT2D eigenvalue weighted by atomic mass is 16.5. The number of rotatable bonds is 9. The van der Waals surface area contributed by atoms with Crippen LogP contribution < -0.4 is 11.1 Å². The standard InChI is InChI=1S/C15H24N2O2/c1-2-3-10-19-11-4-5-15(18)17-14-8-6-13(12-16)7-9-14/h6-9H,2-5,10-12,16H2,1H3,(H,17,18). The number of ether oxygens (including phenoxy) is 1. The summed E-state index contributed by atoms with van der Waals surface area (Å²) in [5, 5.41) is 2.86. The van der Waals surface area contributed by atoms with Crippen LogP contribution in [0.5, 0.6) is 0 Å². The molecule has 0 aliphatic carbocycles. The summed E-state index contributed by atoms with van der Waals surface area (Å²) < 4.78 is 5.41. The van der Waals surface area contributed by atoms with Gasteiger partial charge in [0.2, 0.25) is 5.91 Å². The molecule has 0 unspecified atom stereocenters. The van der Waals surface area contributed by atoms with Gasteiger partial charge in [-0.2, -0.15) is 0 Å². The fraction of sp³-hybridized carbons (Fsp3) is 0.533. The summed E-state index contributed by atoms with van der Waals surface area (Å²) in [6.07, 6.45) is 3.47. The van der Waals surface area contributed by atoms with Crippen molar-refractivity contribution in [2.45, 2.75) is 39.2 Å². The summed E-state index contributed by atoms with van der Waals surface area (Å²) in [6, 6.07) is 7.59. The zero-order valence-electron chi connectivity index (χ0n) is 11.7. The van der Waals surface area contributed by atoms with E-state index in [9.17, 15) is 4.79 Å². The third-order valence-electron chi connectivity index (χ3n) is 2.81. The molecule has 0 saturated carbocycles. The predicted octanol–water partition coefficient (Wildman–Crippen LogP) is 2.68. The summed E-state index contributed by atoms with van der Waals surface area (Å²) in [5.74, 6) is 0.0274. The fourth-order valence-electron chi connectivity index (χ4n) is 1.63. The molecule has 1 aromatic rings. The highest BCUT2D eigenvalue weighted by molar-refractivity contribution is 5.90. The second-order valence-electron chi connectivity index (χ2n) is 4.52. The Bertz CT molecular complexity index is 363. The number of carbonyl (C=O) groups excluding carboxylic acids is 1. The number of benzene rings is 1. The van der Waals surface area contributed by atoms with Gasteiger partial charge >= 0.3 is 0 Å². The van der Waals surface area contributed by atoms with Gasteiger partial charge in [-0.1, -0.05) is 25.5 Å². The van der Waals surface area contributed by atoms with Gasteiger partial charge in [0, 0.05) is 31.9 Å². The Labute approximate surface area is 115 Å². The molecule has 1 amide bonds. The average molecular weight is 264 g/mol. The number of hydrogen-bond acceptors (Lipinski definition) is 3. The molecule has 0 aliphatic heterocycles. The number of nitrogens with two attached hydrogens (primary N) is 1. The number of carbonyl (C=O) groups is 1. The molecule has 0 atom stereocenters. The van der Waals surface area contributed by atoms with E-state index in [0.717, 1.165) is 37.1 Å². The van der Waals surface area contributed by atoms with Gasteiger partial charge in [-0.15, -0.1) is 0 Å². The van der Waals surface area contributed by atoms with Crippen molar-refractivity contribution in [3.05, 3.63) is 29.8 Å². The van der Waals surface area contributed by atoms with Crippen molar-refractivity contribution >= 4 is 11.6 Å². The predicted molar refractivity (Wildman–Crippen MR) is 77.9 cm³/mol. The molecule has 0 bridgehead atoms. The Morgan fingerprint density at radius 3 is 2.53 bits per heavy atom. The second kappa shape index (κ2) is 9.53. The van der Waals surface area contributed by atoms with Crippen LogP contribution in [0, 0.1) is 0 Å². The minimum Gasteiger partial charge on any atom is -0.381 e. The quantitative estimate of drug-likeness (QED) is 0.674. The lowest BCUT2D eigenvalue weighted by atomic mass is 10.2. The number of hydrogen-bond donors (Lipinski definition) is 2. The maximum atomic E-state index is 11.7. The normalized spacial score (nSPS) is 10.4. The largest absolute Gasteiger partial charge is 0.381 e. The maximum absolute atomic E-state index is 11.7. The average Bonchev–Trinajstić information content (AvgIpc) is 2.43. The topological polar surface area (TPSA) is 64.3 Å². The Morgan fingerprint density at radius 2 is 1.89 bits per heavy atom. The summed E-state index contributed by atoms with van der Waals surface area (Å²) >= 11 is 0. The summed E-state index contributed by atoms with van der Waals surface area (Å²) in [6.45, 7) is 4.09. The van der Waals surface area contributed by atoms with Gasteiger partial charge in [0.1, 0.15) is 0 Å². The van der Waals surface area contributed by atoms with E-state index in [1.54, 1.807) is 0 Å². The molecule has 0 saturated heterocycles. The van der Waals surface area contributed by atoms with Crippen LogP contribution in [0.3, 0.4) is 0 Å². The number of amides is 1. The van der Waals surface area contributed by atoms with Crippen LogP contribution in [0.25, 0.3) is 0 Å². The lowest BCUT2D eigenvalue weighted by Crippen LogP contribution is -2.12. The smallest absolute Gasteiger partial charge is 0.224 e. The van der Waals surface area contributed by atoms with Crippen LogP contribution in [-0.2, 0) is 16.1 Å². The molecule has 3 N–H and O–H groups in total. The highest BCUT2D eigenvalue weighted by Crippen LogP contribution is 2.09. The summed E-state index contributed by atoms with van der Waals surface area (Å²) in [4.78, 5) is 11.7. The van der Waals surface area contributed by atoms with Crippen LogP contribution in [0.4, 0.5) is 5.69 Å². The lowest BCUT2D eigenvalue weighted by Gasteiger charge is -2.06. The SMILES string of the molecule is CCCCOCCCC(=O)Nc1ccc(CN)cc1. The van der Waals surface area contributed by atoms with E-state index < -0.39 is 0 Å². The third kappa shape index (κ3) is 6.94. The van der Waals surface area contributed by atoms with Gasteiger partial charge in [-0.25, -0.2) is 0 Å². The Balaban J connectivity index is 2.16. The van der Waals surface area contributed by atoms with E-state index in [-0.39, 0.29) is 5.91 Å². The van der Waals surface area contributed by atoms with Gasteiger partial charge in [-0.3, -0.25) is 4.79 Å². The van der Waals surface area contributed by atoms with Crippen LogP contribution in [0.15, 0.2) is 24.3 Å². The summed E-state index contributed by atoms with van der Waals surface area (Å²) in [5.41, 5.74) is 7.39. The van der Waals surface area contributed by atoms with Crippen molar-refractivity contribution in [2.24, 2.45) is 5.73 Å². The number of anilines is 1. The first-order valence-electron chi connectivity index (χ1n) is 6.93. The molecular weight excluding hydrogens is 240 g/mol. The van der Waals surface area contributed by atoms with E-state index in [1.165, 1.54) is 0 Å². The van der Waals surface area contributed by atoms with Gasteiger partial charge < -0.3 is 15.8 Å². The molecule has 4 nitrogen and oxygen atoms in total. The zero-order chi connectivity index (χ0) is 13.9. The van der Waals surface area contributed by atoms with Crippen molar-refractivity contribution < 1.29 is 9.53 Å². The second-order valence-corrected chi connectivity index (χ2v) is 4.52. The highest BCUT2D eigenvalue weighted by Gasteiger charge is 2.02. The van der Waals surface area contributed by atoms with Crippen molar-refractivity contribution in [2.75, 3.05) is 18.5 Å². The van der Waals surface area contributed by atoms with Crippen molar-refractivity contribution in [3.8, 4) is 0 Å². The molecule has 1 aromatic carbocycles. The zero-order valence-corrected chi connectivity index (χ0v) is 11.7. The van der Waals surface area contributed by atoms with E-state index in [0.29, 0.717) is 19.6 Å². The van der Waals surface area contributed by atoms with E-state index >= 15 is 0 Å². The minimum absolute atomic E-state index is 0.0274. The van der Waals surface area contributed by atoms with E-state index in [2.05, 4.69) is 12.2 Å². The first-order valence-corrected chi connectivity index (χ1v) is 6.93. The number of unbranched alkanes of at least 4 members (excludes halogenated alkanes) is 1. The van der Waals surface area contributed by atoms with Gasteiger partial charge in [0.15, 0.2) is 0 Å². The molecule has 4 heteroatoms. The Morgan fingerprint density at radius 1 is 1.21 bits per heavy atom. The fourth-order valence-corrected chi connectivity index (χ4v) is 1.63. The molecule has 0 fully saturated rings. The van der Waals surface area contributed by atoms with Crippen LogP contribution in [0.1, 0.15) is 38.2 Å². The molecule has 0 radical (unpaired) electrons. The molecule has 0 heterocycles. The third-order valence-corrected chi connectivity index (χ3v) is 2.81. The molecule has 0 aliphatic rings. The van der Waals surface area contributed by atoms with Crippen molar-refractivity contribution in [1.82, 2.24) is 0 Å². The molecule has 106 valence electrons. The van der Waals surface area contributed by atoms with E-state index in [1.807, 2.05) is 24.3 Å². The lowest BCUT2D eigenvalue weighted by molar-refractivity contribution is -0.116. The molecule has 19 heavy (non-hydrogen) atoms. The maximum Gasteiger partial charge on any atom is 0.224 e. The first kappa shape index (κ1) is 15.7. The number of nitrogens with one attached hydrogen (secondary N) is 1. The van der Waals surface area contributed by atoms with Gasteiger partial charge in [-0.05, 0) is 30.5 Å². The minimum atomic E-state index is 0.0274. The van der Waals surface area contributed by atoms with Gasteiger partial charge in [0.25, 0.3) is 0 Å². The van der Waals surface area contributed by atoms with Crippen LogP contribution in [0.2, 0.25) is 0 Å². The first-order chi connectivity index (χ1) is 9.26.